The number of rotatable bonds is 3. The molecule has 2 amide bonds. The normalized spacial score (nSPS) is 20.0. The van der Waals surface area contributed by atoms with Crippen molar-refractivity contribution < 1.29 is 24.0 Å². The molecule has 2 atom stereocenters. The molecule has 0 aromatic carbocycles. The molecule has 0 aliphatic carbocycles. The lowest BCUT2D eigenvalue weighted by molar-refractivity contribution is -0.112. The molecule has 0 saturated carbocycles. The smallest absolute Gasteiger partial charge is 0.276 e. The minimum atomic E-state index is -0.903. The third kappa shape index (κ3) is 3.99. The Morgan fingerprint density at radius 1 is 1.40 bits per heavy atom. The van der Waals surface area contributed by atoms with Gasteiger partial charge in [-0.25, -0.2) is 0 Å². The third-order valence-electron chi connectivity index (χ3n) is 4.88. The van der Waals surface area contributed by atoms with Gasteiger partial charge < -0.3 is 29.2 Å². The molecule has 11 heteroatoms. The van der Waals surface area contributed by atoms with E-state index in [1.807, 2.05) is 20.8 Å². The average molecular weight is 483 g/mol. The van der Waals surface area contributed by atoms with E-state index >= 15 is 0 Å². The number of hydrogen-bond donors (Lipinski definition) is 2. The van der Waals surface area contributed by atoms with E-state index in [-0.39, 0.29) is 30.4 Å². The summed E-state index contributed by atoms with van der Waals surface area (Å²) in [6.45, 7) is 6.63. The molecule has 4 heterocycles. The van der Waals surface area contributed by atoms with Crippen LogP contribution in [0.3, 0.4) is 0 Å². The van der Waals surface area contributed by atoms with Gasteiger partial charge in [0.05, 0.1) is 19.7 Å². The van der Waals surface area contributed by atoms with Crippen LogP contribution in [0.15, 0.2) is 26.2 Å². The Morgan fingerprint density at radius 3 is 2.80 bits per heavy atom. The predicted octanol–water partition coefficient (Wildman–Crippen LogP) is 1.85. The van der Waals surface area contributed by atoms with E-state index in [0.717, 1.165) is 0 Å². The Kier molecular flexibility index (Phi) is 6.61. The third-order valence-corrected chi connectivity index (χ3v) is 5.25. The molecule has 0 radical (unpaired) electrons. The molecule has 10 nitrogen and oxygen atoms in total. The Hall–Kier alpha value is -2.66. The monoisotopic (exact) mass is 482 g/mol. The molecular weight excluding hydrogens is 460 g/mol. The van der Waals surface area contributed by atoms with Crippen molar-refractivity contribution in [3.05, 3.63) is 44.1 Å². The van der Waals surface area contributed by atoms with Crippen LogP contribution < -0.4 is 10.7 Å². The summed E-state index contributed by atoms with van der Waals surface area (Å²) in [5.74, 6) is -1.54. The topological polar surface area (TPSA) is 127 Å². The number of carbonyl (C=O) groups is 2. The van der Waals surface area contributed by atoms with Crippen LogP contribution in [0, 0.1) is 0 Å². The molecule has 2 aromatic rings. The van der Waals surface area contributed by atoms with Gasteiger partial charge in [-0.1, -0.05) is 19.0 Å². The van der Waals surface area contributed by atoms with Crippen molar-refractivity contribution in [2.75, 3.05) is 6.61 Å². The summed E-state index contributed by atoms with van der Waals surface area (Å²) in [4.78, 5) is 39.3. The molecule has 30 heavy (non-hydrogen) atoms. The standard InChI is InChI=1S/C17H17BrN4O6.C2H6/c1-8-2-3-27-12-7-21-6-10(14(23)15(24)13(21)17(26)22(8)12)16(25)19-5-9-4-11(18)20-28-9;1-2/h4,6,8,12,24H,2-3,5,7H2,1H3,(H,19,25);1-2H3/t8-,12?;/m1./s1. The van der Waals surface area contributed by atoms with Gasteiger partial charge in [0.25, 0.3) is 11.8 Å². The summed E-state index contributed by atoms with van der Waals surface area (Å²) in [6.07, 6.45) is 1.44. The zero-order valence-corrected chi connectivity index (χ0v) is 18.4. The molecule has 1 unspecified atom stereocenters. The number of nitrogens with zero attached hydrogens (tertiary/aromatic N) is 3. The number of fused-ring (bicyclic) bond motifs is 2. The summed E-state index contributed by atoms with van der Waals surface area (Å²) in [7, 11) is 0. The largest absolute Gasteiger partial charge is 0.503 e. The van der Waals surface area contributed by atoms with Crippen LogP contribution in [0.5, 0.6) is 5.75 Å². The van der Waals surface area contributed by atoms with Crippen molar-refractivity contribution in [2.45, 2.75) is 52.6 Å². The van der Waals surface area contributed by atoms with E-state index in [9.17, 15) is 19.5 Å². The molecule has 162 valence electrons. The van der Waals surface area contributed by atoms with Crippen LogP contribution in [0.2, 0.25) is 0 Å². The van der Waals surface area contributed by atoms with E-state index in [2.05, 4.69) is 26.4 Å². The highest BCUT2D eigenvalue weighted by Crippen LogP contribution is 2.29. The van der Waals surface area contributed by atoms with Crippen LogP contribution in [0.4, 0.5) is 0 Å². The number of nitrogens with one attached hydrogen (secondary N) is 1. The van der Waals surface area contributed by atoms with Crippen LogP contribution >= 0.6 is 15.9 Å². The number of pyridine rings is 1. The summed E-state index contributed by atoms with van der Waals surface area (Å²) in [5.41, 5.74) is -1.31. The Bertz CT molecular complexity index is 1020. The molecule has 2 aliphatic heterocycles. The van der Waals surface area contributed by atoms with Crippen molar-refractivity contribution in [3.63, 3.8) is 0 Å². The van der Waals surface area contributed by atoms with E-state index in [1.54, 1.807) is 6.07 Å². The number of hydrogen-bond acceptors (Lipinski definition) is 7. The second kappa shape index (κ2) is 9.00. The van der Waals surface area contributed by atoms with Crippen molar-refractivity contribution in [1.82, 2.24) is 19.9 Å². The van der Waals surface area contributed by atoms with Gasteiger partial charge in [0, 0.05) is 18.3 Å². The Labute approximate surface area is 180 Å². The van der Waals surface area contributed by atoms with E-state index in [4.69, 9.17) is 9.26 Å². The predicted molar refractivity (Wildman–Crippen MR) is 109 cm³/mol. The van der Waals surface area contributed by atoms with Crippen LogP contribution in [0.25, 0.3) is 0 Å². The van der Waals surface area contributed by atoms with Crippen molar-refractivity contribution in [3.8, 4) is 5.75 Å². The number of halogens is 1. The summed E-state index contributed by atoms with van der Waals surface area (Å²) >= 11 is 3.13. The number of amides is 2. The first-order valence-electron chi connectivity index (χ1n) is 9.66. The summed E-state index contributed by atoms with van der Waals surface area (Å²) in [5, 5.41) is 16.5. The van der Waals surface area contributed by atoms with Gasteiger partial charge in [0.15, 0.2) is 23.4 Å². The maximum Gasteiger partial charge on any atom is 0.276 e. The lowest BCUT2D eigenvalue weighted by Crippen LogP contribution is -2.57. The highest BCUT2D eigenvalue weighted by molar-refractivity contribution is 9.10. The lowest BCUT2D eigenvalue weighted by atomic mass is 10.1. The molecule has 0 bridgehead atoms. The molecule has 2 aliphatic rings. The molecular formula is C19H23BrN4O6. The zero-order chi connectivity index (χ0) is 22.0. The minimum absolute atomic E-state index is 0.00927. The van der Waals surface area contributed by atoms with Gasteiger partial charge in [-0.2, -0.15) is 0 Å². The SMILES string of the molecule is CC.C[C@@H]1CCOC2Cn3cc(C(=O)NCc4cc(Br)no4)c(=O)c(O)c3C(=O)N21. The van der Waals surface area contributed by atoms with E-state index in [0.29, 0.717) is 23.4 Å². The van der Waals surface area contributed by atoms with Gasteiger partial charge in [-0.3, -0.25) is 14.4 Å². The highest BCUT2D eigenvalue weighted by Gasteiger charge is 2.41. The van der Waals surface area contributed by atoms with Gasteiger partial charge in [-0.15, -0.1) is 0 Å². The van der Waals surface area contributed by atoms with Crippen molar-refractivity contribution in [2.24, 2.45) is 0 Å². The Morgan fingerprint density at radius 2 is 2.13 bits per heavy atom. The fourth-order valence-corrected chi connectivity index (χ4v) is 3.78. The molecule has 1 saturated heterocycles. The number of carbonyl (C=O) groups excluding carboxylic acids is 2. The number of aromatic hydroxyl groups is 1. The van der Waals surface area contributed by atoms with E-state index in [1.165, 1.54) is 15.7 Å². The van der Waals surface area contributed by atoms with Gasteiger partial charge in [0.2, 0.25) is 5.43 Å². The molecule has 4 rings (SSSR count). The van der Waals surface area contributed by atoms with Crippen molar-refractivity contribution in [1.29, 1.82) is 0 Å². The zero-order valence-electron chi connectivity index (χ0n) is 16.8. The first kappa shape index (κ1) is 22.0. The fraction of sp³-hybridized carbons (Fsp3) is 0.474. The minimum Gasteiger partial charge on any atom is -0.503 e. The first-order valence-corrected chi connectivity index (χ1v) is 10.5. The molecule has 2 aromatic heterocycles. The molecule has 1 fully saturated rings. The second-order valence-electron chi connectivity index (χ2n) is 6.70. The van der Waals surface area contributed by atoms with Crippen LogP contribution in [0.1, 0.15) is 53.8 Å². The highest BCUT2D eigenvalue weighted by atomic mass is 79.9. The Balaban J connectivity index is 0.00000124. The quantitative estimate of drug-likeness (QED) is 0.682. The second-order valence-corrected chi connectivity index (χ2v) is 7.51. The van der Waals surface area contributed by atoms with Crippen molar-refractivity contribution >= 4 is 27.7 Å². The summed E-state index contributed by atoms with van der Waals surface area (Å²) in [6, 6.07) is 1.51. The number of ether oxygens (including phenoxy) is 1. The van der Waals surface area contributed by atoms with Gasteiger partial charge in [-0.05, 0) is 29.3 Å². The van der Waals surface area contributed by atoms with Crippen LogP contribution in [-0.4, -0.2) is 50.4 Å². The lowest BCUT2D eigenvalue weighted by Gasteiger charge is -2.44. The first-order chi connectivity index (χ1) is 14.4. The summed E-state index contributed by atoms with van der Waals surface area (Å²) < 4.78 is 12.5. The average Bonchev–Trinajstić information content (AvgIpc) is 3.15. The maximum absolute atomic E-state index is 12.8. The van der Waals surface area contributed by atoms with E-state index < -0.39 is 29.2 Å². The van der Waals surface area contributed by atoms with Gasteiger partial charge >= 0.3 is 0 Å². The molecule has 2 N–H and O–H groups in total. The maximum atomic E-state index is 12.8. The molecule has 0 spiro atoms. The van der Waals surface area contributed by atoms with Crippen LogP contribution in [-0.2, 0) is 17.8 Å². The fourth-order valence-electron chi connectivity index (χ4n) is 3.45. The number of aromatic nitrogens is 2. The van der Waals surface area contributed by atoms with Gasteiger partial charge in [0.1, 0.15) is 10.2 Å².